The van der Waals surface area contributed by atoms with Crippen molar-refractivity contribution in [3.63, 3.8) is 0 Å². The van der Waals surface area contributed by atoms with Gasteiger partial charge in [0.2, 0.25) is 0 Å². The monoisotopic (exact) mass is 199 g/mol. The second-order valence-electron chi connectivity index (χ2n) is 4.94. The summed E-state index contributed by atoms with van der Waals surface area (Å²) in [5.74, 6) is 3.90. The summed E-state index contributed by atoms with van der Waals surface area (Å²) in [5.41, 5.74) is 2.13. The fourth-order valence-electron chi connectivity index (χ4n) is 3.01. The van der Waals surface area contributed by atoms with Crippen LogP contribution in [0.3, 0.4) is 0 Å². The molecule has 0 aromatic carbocycles. The molecule has 0 spiro atoms. The normalized spacial score (nSPS) is 33.2. The van der Waals surface area contributed by atoms with Crippen molar-refractivity contribution in [1.82, 2.24) is 15.0 Å². The minimum Gasteiger partial charge on any atom is -0.340 e. The second-order valence-corrected chi connectivity index (χ2v) is 4.94. The lowest BCUT2D eigenvalue weighted by molar-refractivity contribution is 0.597. The van der Waals surface area contributed by atoms with Crippen molar-refractivity contribution < 1.29 is 0 Å². The molecule has 4 rings (SSSR count). The second kappa shape index (κ2) is 2.60. The number of rotatable bonds is 1. The van der Waals surface area contributed by atoms with Crippen molar-refractivity contribution in [2.45, 2.75) is 25.2 Å². The van der Waals surface area contributed by atoms with Gasteiger partial charge in [-0.3, -0.25) is 4.98 Å². The van der Waals surface area contributed by atoms with Crippen LogP contribution >= 0.6 is 0 Å². The van der Waals surface area contributed by atoms with E-state index < -0.39 is 0 Å². The van der Waals surface area contributed by atoms with Crippen molar-refractivity contribution in [3.05, 3.63) is 24.3 Å². The number of nitrogens with zero attached hydrogens (tertiary/aromatic N) is 2. The van der Waals surface area contributed by atoms with E-state index in [1.807, 2.05) is 12.3 Å². The fraction of sp³-hybridized carbons (Fsp3) is 0.500. The van der Waals surface area contributed by atoms with E-state index in [1.54, 1.807) is 6.20 Å². The Morgan fingerprint density at radius 2 is 2.07 bits per heavy atom. The first-order valence-electron chi connectivity index (χ1n) is 5.70. The third-order valence-electron chi connectivity index (χ3n) is 3.93. The maximum absolute atomic E-state index is 4.65. The van der Waals surface area contributed by atoms with Gasteiger partial charge in [0.15, 0.2) is 0 Å². The van der Waals surface area contributed by atoms with E-state index in [4.69, 9.17) is 0 Å². The number of imidazole rings is 1. The largest absolute Gasteiger partial charge is 0.340 e. The maximum Gasteiger partial charge on any atom is 0.110 e. The number of aromatic nitrogens is 3. The zero-order valence-corrected chi connectivity index (χ0v) is 8.48. The summed E-state index contributed by atoms with van der Waals surface area (Å²) >= 11 is 0. The summed E-state index contributed by atoms with van der Waals surface area (Å²) in [6.07, 6.45) is 7.83. The first-order valence-corrected chi connectivity index (χ1v) is 5.70. The summed E-state index contributed by atoms with van der Waals surface area (Å²) in [6.45, 7) is 0. The molecule has 76 valence electrons. The molecule has 0 aliphatic heterocycles. The van der Waals surface area contributed by atoms with Gasteiger partial charge in [0.1, 0.15) is 5.82 Å². The summed E-state index contributed by atoms with van der Waals surface area (Å²) < 4.78 is 0. The van der Waals surface area contributed by atoms with Gasteiger partial charge in [0, 0.05) is 12.1 Å². The number of H-pyrrole nitrogens is 1. The molecule has 1 N–H and O–H groups in total. The van der Waals surface area contributed by atoms with Crippen LogP contribution in [-0.4, -0.2) is 15.0 Å². The molecule has 2 aliphatic carbocycles. The molecule has 0 amide bonds. The Hall–Kier alpha value is -1.38. The van der Waals surface area contributed by atoms with E-state index in [-0.39, 0.29) is 0 Å². The highest BCUT2D eigenvalue weighted by Gasteiger charge is 2.46. The van der Waals surface area contributed by atoms with Crippen molar-refractivity contribution in [3.8, 4) is 0 Å². The van der Waals surface area contributed by atoms with Crippen LogP contribution in [0.2, 0.25) is 0 Å². The molecule has 0 saturated heterocycles. The summed E-state index contributed by atoms with van der Waals surface area (Å²) in [7, 11) is 0. The minimum absolute atomic E-state index is 0.682. The average molecular weight is 199 g/mol. The molecule has 2 unspecified atom stereocenters. The van der Waals surface area contributed by atoms with Gasteiger partial charge >= 0.3 is 0 Å². The molecule has 2 atom stereocenters. The van der Waals surface area contributed by atoms with Crippen LogP contribution in [-0.2, 0) is 0 Å². The standard InChI is InChI=1S/C12H13N3/c1-2-13-6-11-10(1)14-12(15-11)9-4-7-3-8(7)5-9/h1-2,6-9H,3-5H2,(H,14,15). The van der Waals surface area contributed by atoms with Gasteiger partial charge in [-0.1, -0.05) is 0 Å². The fourth-order valence-corrected chi connectivity index (χ4v) is 3.01. The Morgan fingerprint density at radius 1 is 1.20 bits per heavy atom. The van der Waals surface area contributed by atoms with Crippen molar-refractivity contribution >= 4 is 11.0 Å². The van der Waals surface area contributed by atoms with Crippen LogP contribution < -0.4 is 0 Å². The lowest BCUT2D eigenvalue weighted by Crippen LogP contribution is -1.97. The predicted molar refractivity (Wildman–Crippen MR) is 57.5 cm³/mol. The third kappa shape index (κ3) is 1.12. The van der Waals surface area contributed by atoms with Crippen molar-refractivity contribution in [2.24, 2.45) is 11.8 Å². The van der Waals surface area contributed by atoms with Crippen molar-refractivity contribution in [2.75, 3.05) is 0 Å². The Kier molecular flexibility index (Phi) is 1.36. The Balaban J connectivity index is 1.75. The van der Waals surface area contributed by atoms with Crippen LogP contribution in [0, 0.1) is 11.8 Å². The Morgan fingerprint density at radius 3 is 2.87 bits per heavy atom. The molecule has 2 heterocycles. The smallest absolute Gasteiger partial charge is 0.110 e. The predicted octanol–water partition coefficient (Wildman–Crippen LogP) is 2.47. The summed E-state index contributed by atoms with van der Waals surface area (Å²) in [5, 5.41) is 0. The van der Waals surface area contributed by atoms with Gasteiger partial charge in [-0.2, -0.15) is 0 Å². The van der Waals surface area contributed by atoms with Gasteiger partial charge in [-0.05, 0) is 37.2 Å². The van der Waals surface area contributed by atoms with Gasteiger partial charge in [-0.15, -0.1) is 0 Å². The molecule has 0 radical (unpaired) electrons. The zero-order chi connectivity index (χ0) is 9.83. The van der Waals surface area contributed by atoms with Gasteiger partial charge in [0.05, 0.1) is 17.2 Å². The lowest BCUT2D eigenvalue weighted by atomic mass is 10.0. The molecule has 15 heavy (non-hydrogen) atoms. The lowest BCUT2D eigenvalue weighted by Gasteiger charge is -2.06. The topological polar surface area (TPSA) is 41.6 Å². The number of nitrogens with one attached hydrogen (secondary N) is 1. The molecule has 2 aromatic rings. The van der Waals surface area contributed by atoms with Crippen LogP contribution in [0.1, 0.15) is 31.0 Å². The molecule has 2 aliphatic rings. The number of aromatic amines is 1. The Bertz CT molecular complexity index is 473. The molecule has 3 heteroatoms. The van der Waals surface area contributed by atoms with E-state index in [9.17, 15) is 0 Å². The SMILES string of the molecule is c1cc2nc(C3CC4CC4C3)[nH]c2cn1. The van der Waals surface area contributed by atoms with Crippen LogP contribution in [0.15, 0.2) is 18.5 Å². The highest BCUT2D eigenvalue weighted by molar-refractivity contribution is 5.73. The van der Waals surface area contributed by atoms with Gasteiger partial charge < -0.3 is 4.98 Å². The number of hydrogen-bond donors (Lipinski definition) is 1. The molecule has 0 bridgehead atoms. The van der Waals surface area contributed by atoms with E-state index in [0.29, 0.717) is 5.92 Å². The van der Waals surface area contributed by atoms with E-state index in [2.05, 4.69) is 15.0 Å². The third-order valence-corrected chi connectivity index (χ3v) is 3.93. The summed E-state index contributed by atoms with van der Waals surface area (Å²) in [6, 6.07) is 1.98. The van der Waals surface area contributed by atoms with E-state index in [1.165, 1.54) is 25.1 Å². The highest BCUT2D eigenvalue weighted by Crippen LogP contribution is 2.57. The quantitative estimate of drug-likeness (QED) is 0.766. The van der Waals surface area contributed by atoms with Gasteiger partial charge in [-0.25, -0.2) is 4.98 Å². The van der Waals surface area contributed by atoms with Crippen LogP contribution in [0.25, 0.3) is 11.0 Å². The van der Waals surface area contributed by atoms with Crippen LogP contribution in [0.5, 0.6) is 0 Å². The summed E-state index contributed by atoms with van der Waals surface area (Å²) in [4.78, 5) is 12.2. The van der Waals surface area contributed by atoms with Gasteiger partial charge in [0.25, 0.3) is 0 Å². The number of fused-ring (bicyclic) bond motifs is 2. The van der Waals surface area contributed by atoms with E-state index in [0.717, 1.165) is 22.9 Å². The zero-order valence-electron chi connectivity index (χ0n) is 8.48. The highest BCUT2D eigenvalue weighted by atomic mass is 14.9. The molecular formula is C12H13N3. The van der Waals surface area contributed by atoms with Crippen molar-refractivity contribution in [1.29, 1.82) is 0 Å². The molecule has 2 saturated carbocycles. The molecule has 3 nitrogen and oxygen atoms in total. The molecular weight excluding hydrogens is 186 g/mol. The molecule has 2 fully saturated rings. The van der Waals surface area contributed by atoms with E-state index >= 15 is 0 Å². The number of pyridine rings is 1. The first kappa shape index (κ1) is 7.85. The molecule has 2 aromatic heterocycles. The minimum atomic E-state index is 0.682. The number of hydrogen-bond acceptors (Lipinski definition) is 2. The average Bonchev–Trinajstić information content (AvgIpc) is 2.76. The van der Waals surface area contributed by atoms with Crippen LogP contribution in [0.4, 0.5) is 0 Å². The first-order chi connectivity index (χ1) is 7.40. The Labute approximate surface area is 87.9 Å². The maximum atomic E-state index is 4.65.